The summed E-state index contributed by atoms with van der Waals surface area (Å²) in [6, 6.07) is 1.42. The molecule has 18 heavy (non-hydrogen) atoms. The number of rotatable bonds is 8. The van der Waals surface area contributed by atoms with E-state index in [1.54, 1.807) is 0 Å². The molecule has 0 aromatic carbocycles. The van der Waals surface area contributed by atoms with E-state index in [1.807, 2.05) is 6.92 Å². The van der Waals surface area contributed by atoms with Crippen LogP contribution in [0.2, 0.25) is 0 Å². The molecule has 1 aromatic rings. The Kier molecular flexibility index (Phi) is 6.38. The Labute approximate surface area is 106 Å². The van der Waals surface area contributed by atoms with Crippen molar-refractivity contribution >= 4 is 0 Å². The van der Waals surface area contributed by atoms with Crippen LogP contribution in [-0.4, -0.2) is 28.9 Å². The Balaban J connectivity index is 2.74. The highest BCUT2D eigenvalue weighted by Gasteiger charge is 2.04. The van der Waals surface area contributed by atoms with Crippen molar-refractivity contribution in [2.24, 2.45) is 5.73 Å². The molecule has 0 fully saturated rings. The second kappa shape index (κ2) is 7.84. The molecule has 0 atom stereocenters. The fourth-order valence-electron chi connectivity index (χ4n) is 1.66. The first-order valence-corrected chi connectivity index (χ1v) is 6.28. The van der Waals surface area contributed by atoms with Crippen LogP contribution in [0.25, 0.3) is 0 Å². The van der Waals surface area contributed by atoms with Crippen LogP contribution in [-0.2, 0) is 17.8 Å². The van der Waals surface area contributed by atoms with Gasteiger partial charge in [0, 0.05) is 38.6 Å². The first kappa shape index (κ1) is 14.7. The van der Waals surface area contributed by atoms with E-state index in [9.17, 15) is 9.59 Å². The molecule has 6 heteroatoms. The van der Waals surface area contributed by atoms with Gasteiger partial charge in [-0.15, -0.1) is 0 Å². The minimum Gasteiger partial charge on any atom is -0.382 e. The Morgan fingerprint density at radius 1 is 1.28 bits per heavy atom. The smallest absolute Gasteiger partial charge is 0.330 e. The summed E-state index contributed by atoms with van der Waals surface area (Å²) in [5.74, 6) is 0. The first-order chi connectivity index (χ1) is 8.70. The predicted molar refractivity (Wildman–Crippen MR) is 69.7 cm³/mol. The Bertz CT molecular complexity index is 464. The molecular weight excluding hydrogens is 234 g/mol. The van der Waals surface area contributed by atoms with Crippen molar-refractivity contribution in [3.05, 3.63) is 33.1 Å². The molecule has 1 heterocycles. The zero-order valence-electron chi connectivity index (χ0n) is 10.8. The van der Waals surface area contributed by atoms with Crippen molar-refractivity contribution in [2.75, 3.05) is 19.8 Å². The fourth-order valence-corrected chi connectivity index (χ4v) is 1.66. The molecule has 1 rings (SSSR count). The molecule has 0 saturated carbocycles. The van der Waals surface area contributed by atoms with Gasteiger partial charge in [-0.3, -0.25) is 9.36 Å². The molecular formula is C12H21N3O3. The van der Waals surface area contributed by atoms with Gasteiger partial charge in [0.05, 0.1) is 0 Å². The lowest BCUT2D eigenvalue weighted by molar-refractivity contribution is 0.141. The molecule has 0 radical (unpaired) electrons. The van der Waals surface area contributed by atoms with Gasteiger partial charge in [-0.2, -0.15) is 0 Å². The SMILES string of the molecule is CCOCCCn1ccc(=O)n(CCCN)c1=O. The van der Waals surface area contributed by atoms with Crippen LogP contribution >= 0.6 is 0 Å². The van der Waals surface area contributed by atoms with Crippen molar-refractivity contribution in [1.29, 1.82) is 0 Å². The maximum atomic E-state index is 12.0. The van der Waals surface area contributed by atoms with Gasteiger partial charge in [0.2, 0.25) is 0 Å². The van der Waals surface area contributed by atoms with Crippen LogP contribution < -0.4 is 17.0 Å². The van der Waals surface area contributed by atoms with E-state index in [0.29, 0.717) is 39.3 Å². The highest BCUT2D eigenvalue weighted by molar-refractivity contribution is 4.86. The van der Waals surface area contributed by atoms with E-state index in [2.05, 4.69) is 0 Å². The summed E-state index contributed by atoms with van der Waals surface area (Å²) in [5, 5.41) is 0. The van der Waals surface area contributed by atoms with Crippen molar-refractivity contribution in [1.82, 2.24) is 9.13 Å². The third-order valence-corrected chi connectivity index (χ3v) is 2.62. The topological polar surface area (TPSA) is 79.2 Å². The molecule has 0 aliphatic heterocycles. The normalized spacial score (nSPS) is 10.8. The lowest BCUT2D eigenvalue weighted by Gasteiger charge is -2.09. The summed E-state index contributed by atoms with van der Waals surface area (Å²) in [5.41, 5.74) is 4.85. The Hall–Kier alpha value is -1.40. The largest absolute Gasteiger partial charge is 0.382 e. The Morgan fingerprint density at radius 3 is 2.72 bits per heavy atom. The lowest BCUT2D eigenvalue weighted by Crippen LogP contribution is -2.39. The van der Waals surface area contributed by atoms with Crippen LogP contribution in [0.1, 0.15) is 19.8 Å². The third-order valence-electron chi connectivity index (χ3n) is 2.62. The molecule has 102 valence electrons. The summed E-state index contributed by atoms with van der Waals surface area (Å²) in [6.07, 6.45) is 2.91. The van der Waals surface area contributed by atoms with Crippen LogP contribution in [0, 0.1) is 0 Å². The average Bonchev–Trinajstić information content (AvgIpc) is 2.37. The van der Waals surface area contributed by atoms with Crippen molar-refractivity contribution < 1.29 is 4.74 Å². The van der Waals surface area contributed by atoms with Crippen molar-refractivity contribution in [3.63, 3.8) is 0 Å². The van der Waals surface area contributed by atoms with Crippen molar-refractivity contribution in [3.8, 4) is 0 Å². The fraction of sp³-hybridized carbons (Fsp3) is 0.667. The van der Waals surface area contributed by atoms with Crippen molar-refractivity contribution in [2.45, 2.75) is 32.9 Å². The molecule has 0 aliphatic rings. The van der Waals surface area contributed by atoms with Gasteiger partial charge in [0.25, 0.3) is 5.56 Å². The first-order valence-electron chi connectivity index (χ1n) is 6.28. The zero-order chi connectivity index (χ0) is 13.4. The molecule has 6 nitrogen and oxygen atoms in total. The van der Waals surface area contributed by atoms with Crippen LogP contribution in [0.3, 0.4) is 0 Å². The summed E-state index contributed by atoms with van der Waals surface area (Å²) in [4.78, 5) is 23.6. The Morgan fingerprint density at radius 2 is 2.06 bits per heavy atom. The van der Waals surface area contributed by atoms with Gasteiger partial charge < -0.3 is 15.0 Å². The molecule has 1 aromatic heterocycles. The average molecular weight is 255 g/mol. The van der Waals surface area contributed by atoms with Gasteiger partial charge in [-0.25, -0.2) is 4.79 Å². The predicted octanol–water partition coefficient (Wildman–Crippen LogP) is -0.215. The van der Waals surface area contributed by atoms with E-state index in [1.165, 1.54) is 21.4 Å². The summed E-state index contributed by atoms with van der Waals surface area (Å²) in [7, 11) is 0. The highest BCUT2D eigenvalue weighted by atomic mass is 16.5. The number of hydrogen-bond donors (Lipinski definition) is 1. The summed E-state index contributed by atoms with van der Waals surface area (Å²) >= 11 is 0. The monoisotopic (exact) mass is 255 g/mol. The lowest BCUT2D eigenvalue weighted by atomic mass is 10.4. The van der Waals surface area contributed by atoms with E-state index < -0.39 is 0 Å². The maximum Gasteiger partial charge on any atom is 0.330 e. The molecule has 0 spiro atoms. The molecule has 0 bridgehead atoms. The van der Waals surface area contributed by atoms with Gasteiger partial charge in [0.1, 0.15) is 0 Å². The van der Waals surface area contributed by atoms with Gasteiger partial charge in [0.15, 0.2) is 0 Å². The van der Waals surface area contributed by atoms with Crippen LogP contribution in [0.15, 0.2) is 21.9 Å². The summed E-state index contributed by atoms with van der Waals surface area (Å²) in [6.45, 7) is 4.61. The molecule has 0 unspecified atom stereocenters. The zero-order valence-corrected chi connectivity index (χ0v) is 10.8. The molecule has 0 amide bonds. The quantitative estimate of drug-likeness (QED) is 0.652. The van der Waals surface area contributed by atoms with Crippen LogP contribution in [0.5, 0.6) is 0 Å². The highest BCUT2D eigenvalue weighted by Crippen LogP contribution is 1.88. The number of ether oxygens (including phenoxy) is 1. The maximum absolute atomic E-state index is 12.0. The number of hydrogen-bond acceptors (Lipinski definition) is 4. The second-order valence-electron chi connectivity index (χ2n) is 3.97. The molecule has 0 saturated heterocycles. The standard InChI is InChI=1S/C12H21N3O3/c1-2-18-10-4-7-14-9-5-11(16)15(12(14)17)8-3-6-13/h5,9H,2-4,6-8,10,13H2,1H3. The molecule has 0 aliphatic carbocycles. The third kappa shape index (κ3) is 4.12. The van der Waals surface area contributed by atoms with E-state index in [0.717, 1.165) is 6.42 Å². The van der Waals surface area contributed by atoms with Gasteiger partial charge in [-0.05, 0) is 26.3 Å². The van der Waals surface area contributed by atoms with Gasteiger partial charge in [-0.1, -0.05) is 0 Å². The molecule has 2 N–H and O–H groups in total. The van der Waals surface area contributed by atoms with Crippen LogP contribution in [0.4, 0.5) is 0 Å². The van der Waals surface area contributed by atoms with Gasteiger partial charge >= 0.3 is 5.69 Å². The van der Waals surface area contributed by atoms with E-state index >= 15 is 0 Å². The van der Waals surface area contributed by atoms with E-state index in [4.69, 9.17) is 10.5 Å². The number of nitrogens with two attached hydrogens (primary N) is 1. The van der Waals surface area contributed by atoms with E-state index in [-0.39, 0.29) is 11.2 Å². The number of aryl methyl sites for hydroxylation is 1. The number of nitrogens with zero attached hydrogens (tertiary/aromatic N) is 2. The summed E-state index contributed by atoms with van der Waals surface area (Å²) < 4.78 is 7.98. The minimum absolute atomic E-state index is 0.269. The second-order valence-corrected chi connectivity index (χ2v) is 3.97. The minimum atomic E-state index is -0.271. The number of aromatic nitrogens is 2.